The van der Waals surface area contributed by atoms with Crippen LogP contribution in [0, 0.1) is 12.7 Å². The first-order valence-electron chi connectivity index (χ1n) is 8.56. The Bertz CT molecular complexity index is 1080. The van der Waals surface area contributed by atoms with Gasteiger partial charge in [0.2, 0.25) is 0 Å². The van der Waals surface area contributed by atoms with Crippen molar-refractivity contribution in [3.8, 4) is 0 Å². The van der Waals surface area contributed by atoms with Crippen LogP contribution in [0.3, 0.4) is 0 Å². The minimum absolute atomic E-state index is 0.0937. The number of amides is 1. The van der Waals surface area contributed by atoms with Gasteiger partial charge in [0.25, 0.3) is 15.9 Å². The average molecular weight is 398 g/mol. The second-order valence-electron chi connectivity index (χ2n) is 6.27. The van der Waals surface area contributed by atoms with Crippen LogP contribution in [0.2, 0.25) is 0 Å². The first kappa shape index (κ1) is 19.6. The van der Waals surface area contributed by atoms with E-state index in [9.17, 15) is 17.6 Å². The molecule has 0 aliphatic heterocycles. The molecule has 3 aromatic rings. The first-order chi connectivity index (χ1) is 13.3. The summed E-state index contributed by atoms with van der Waals surface area (Å²) in [6, 6.07) is 18.5. The molecule has 0 aromatic heterocycles. The van der Waals surface area contributed by atoms with E-state index in [-0.39, 0.29) is 16.1 Å². The van der Waals surface area contributed by atoms with E-state index in [0.29, 0.717) is 6.54 Å². The van der Waals surface area contributed by atoms with Crippen LogP contribution in [0.25, 0.3) is 0 Å². The van der Waals surface area contributed by atoms with Crippen molar-refractivity contribution in [3.63, 3.8) is 0 Å². The van der Waals surface area contributed by atoms with Gasteiger partial charge in [0.05, 0.1) is 16.1 Å². The van der Waals surface area contributed by atoms with Gasteiger partial charge in [-0.1, -0.05) is 42.0 Å². The lowest BCUT2D eigenvalue weighted by molar-refractivity contribution is 0.0952. The van der Waals surface area contributed by atoms with E-state index >= 15 is 0 Å². The van der Waals surface area contributed by atoms with Gasteiger partial charge < -0.3 is 5.32 Å². The molecule has 5 nitrogen and oxygen atoms in total. The van der Waals surface area contributed by atoms with Crippen LogP contribution in [0.1, 0.15) is 21.5 Å². The molecular formula is C21H19FN2O3S. The van der Waals surface area contributed by atoms with Gasteiger partial charge >= 0.3 is 0 Å². The molecule has 0 bridgehead atoms. The molecule has 3 rings (SSSR count). The number of aryl methyl sites for hydroxylation is 1. The van der Waals surface area contributed by atoms with E-state index in [1.54, 1.807) is 12.1 Å². The molecule has 0 saturated carbocycles. The quantitative estimate of drug-likeness (QED) is 0.662. The van der Waals surface area contributed by atoms with Gasteiger partial charge in [-0.05, 0) is 48.9 Å². The zero-order chi connectivity index (χ0) is 20.1. The number of para-hydroxylation sites is 1. The van der Waals surface area contributed by atoms with Gasteiger partial charge in [-0.2, -0.15) is 0 Å². The van der Waals surface area contributed by atoms with Crippen molar-refractivity contribution in [1.82, 2.24) is 5.32 Å². The summed E-state index contributed by atoms with van der Waals surface area (Å²) in [6.45, 7) is 2.30. The van der Waals surface area contributed by atoms with Crippen molar-refractivity contribution >= 4 is 21.6 Å². The maximum Gasteiger partial charge on any atom is 0.261 e. The van der Waals surface area contributed by atoms with Crippen LogP contribution >= 0.6 is 0 Å². The number of sulfonamides is 1. The number of nitrogens with one attached hydrogen (secondary N) is 2. The smallest absolute Gasteiger partial charge is 0.261 e. The molecule has 0 heterocycles. The van der Waals surface area contributed by atoms with Crippen LogP contribution in [0.5, 0.6) is 0 Å². The van der Waals surface area contributed by atoms with Crippen molar-refractivity contribution in [3.05, 3.63) is 95.3 Å². The molecule has 144 valence electrons. The SMILES string of the molecule is Cc1ccc(CNC(=O)c2ccccc2NS(=O)(=O)c2ccc(F)cc2)cc1. The Balaban J connectivity index is 1.77. The molecule has 28 heavy (non-hydrogen) atoms. The van der Waals surface area contributed by atoms with E-state index in [1.165, 1.54) is 12.1 Å². The lowest BCUT2D eigenvalue weighted by Crippen LogP contribution is -2.25. The Hall–Kier alpha value is -3.19. The number of carbonyl (C=O) groups is 1. The molecule has 0 radical (unpaired) electrons. The summed E-state index contributed by atoms with van der Waals surface area (Å²) in [5.41, 5.74) is 2.40. The zero-order valence-electron chi connectivity index (χ0n) is 15.1. The van der Waals surface area contributed by atoms with Crippen molar-refractivity contribution in [1.29, 1.82) is 0 Å². The molecule has 7 heteroatoms. The maximum absolute atomic E-state index is 13.1. The second kappa shape index (κ2) is 8.22. The van der Waals surface area contributed by atoms with Crippen molar-refractivity contribution < 1.29 is 17.6 Å². The number of rotatable bonds is 6. The fraction of sp³-hybridized carbons (Fsp3) is 0.0952. The Morgan fingerprint density at radius 2 is 1.57 bits per heavy atom. The maximum atomic E-state index is 13.1. The van der Waals surface area contributed by atoms with E-state index in [4.69, 9.17) is 0 Å². The molecule has 0 aliphatic rings. The summed E-state index contributed by atoms with van der Waals surface area (Å²) < 4.78 is 40.5. The summed E-state index contributed by atoms with van der Waals surface area (Å²) >= 11 is 0. The van der Waals surface area contributed by atoms with Crippen LogP contribution in [0.4, 0.5) is 10.1 Å². The molecule has 0 fully saturated rings. The predicted molar refractivity (Wildman–Crippen MR) is 106 cm³/mol. The molecule has 0 spiro atoms. The monoisotopic (exact) mass is 398 g/mol. The zero-order valence-corrected chi connectivity index (χ0v) is 16.0. The Kier molecular flexibility index (Phi) is 5.75. The molecule has 0 unspecified atom stereocenters. The lowest BCUT2D eigenvalue weighted by Gasteiger charge is -2.13. The van der Waals surface area contributed by atoms with E-state index in [0.717, 1.165) is 35.4 Å². The topological polar surface area (TPSA) is 75.3 Å². The van der Waals surface area contributed by atoms with Crippen molar-refractivity contribution in [2.75, 3.05) is 4.72 Å². The number of benzene rings is 3. The summed E-state index contributed by atoms with van der Waals surface area (Å²) in [7, 11) is -3.95. The van der Waals surface area contributed by atoms with Crippen molar-refractivity contribution in [2.24, 2.45) is 0 Å². The van der Waals surface area contributed by atoms with Gasteiger partial charge in [-0.25, -0.2) is 12.8 Å². The van der Waals surface area contributed by atoms with Crippen molar-refractivity contribution in [2.45, 2.75) is 18.4 Å². The molecule has 0 saturated heterocycles. The highest BCUT2D eigenvalue weighted by Gasteiger charge is 2.18. The standard InChI is InChI=1S/C21H19FN2O3S/c1-15-6-8-16(9-7-15)14-23-21(25)19-4-2-3-5-20(19)24-28(26,27)18-12-10-17(22)11-13-18/h2-13,24H,14H2,1H3,(H,23,25). The average Bonchev–Trinajstić information content (AvgIpc) is 2.68. The van der Waals surface area contributed by atoms with Gasteiger partial charge in [0.1, 0.15) is 5.82 Å². The fourth-order valence-corrected chi connectivity index (χ4v) is 3.65. The molecule has 0 atom stereocenters. The highest BCUT2D eigenvalue weighted by molar-refractivity contribution is 7.92. The summed E-state index contributed by atoms with van der Waals surface area (Å²) in [4.78, 5) is 12.5. The molecule has 1 amide bonds. The Morgan fingerprint density at radius 1 is 0.929 bits per heavy atom. The number of carbonyl (C=O) groups excluding carboxylic acids is 1. The molecule has 0 aliphatic carbocycles. The lowest BCUT2D eigenvalue weighted by atomic mass is 10.1. The molecule has 2 N–H and O–H groups in total. The second-order valence-corrected chi connectivity index (χ2v) is 7.96. The van der Waals surface area contributed by atoms with Gasteiger partial charge in [0, 0.05) is 6.54 Å². The van der Waals surface area contributed by atoms with Gasteiger partial charge in [0.15, 0.2) is 0 Å². The van der Waals surface area contributed by atoms with Crippen LogP contribution in [-0.2, 0) is 16.6 Å². The van der Waals surface area contributed by atoms with Crippen LogP contribution in [-0.4, -0.2) is 14.3 Å². The fourth-order valence-electron chi connectivity index (χ4n) is 2.57. The third-order valence-electron chi connectivity index (χ3n) is 4.11. The highest BCUT2D eigenvalue weighted by atomic mass is 32.2. The number of anilines is 1. The summed E-state index contributed by atoms with van der Waals surface area (Å²) in [6.07, 6.45) is 0. The number of halogens is 1. The Labute approximate surface area is 163 Å². The normalized spacial score (nSPS) is 11.1. The van der Waals surface area contributed by atoms with E-state index in [2.05, 4.69) is 10.0 Å². The number of hydrogen-bond donors (Lipinski definition) is 2. The summed E-state index contributed by atoms with van der Waals surface area (Å²) in [5.74, 6) is -0.937. The molecule has 3 aromatic carbocycles. The largest absolute Gasteiger partial charge is 0.348 e. The first-order valence-corrected chi connectivity index (χ1v) is 10.0. The Morgan fingerprint density at radius 3 is 2.25 bits per heavy atom. The molecular weight excluding hydrogens is 379 g/mol. The van der Waals surface area contributed by atoms with Gasteiger partial charge in [-0.15, -0.1) is 0 Å². The van der Waals surface area contributed by atoms with E-state index in [1.807, 2.05) is 31.2 Å². The summed E-state index contributed by atoms with van der Waals surface area (Å²) in [5, 5.41) is 2.78. The van der Waals surface area contributed by atoms with Crippen LogP contribution in [0.15, 0.2) is 77.7 Å². The third kappa shape index (κ3) is 4.75. The number of hydrogen-bond acceptors (Lipinski definition) is 3. The van der Waals surface area contributed by atoms with Crippen LogP contribution < -0.4 is 10.0 Å². The third-order valence-corrected chi connectivity index (χ3v) is 5.50. The predicted octanol–water partition coefficient (Wildman–Crippen LogP) is 3.86. The highest BCUT2D eigenvalue weighted by Crippen LogP contribution is 2.20. The van der Waals surface area contributed by atoms with Gasteiger partial charge in [-0.3, -0.25) is 9.52 Å². The van der Waals surface area contributed by atoms with E-state index < -0.39 is 21.7 Å². The minimum Gasteiger partial charge on any atom is -0.348 e. The minimum atomic E-state index is -3.95.